The Hall–Kier alpha value is -1.71. The maximum Gasteiger partial charge on any atom is 0.238 e. The van der Waals surface area contributed by atoms with Gasteiger partial charge in [0.25, 0.3) is 0 Å². The quantitative estimate of drug-likeness (QED) is 0.691. The molecule has 2 heterocycles. The molecule has 1 aliphatic heterocycles. The van der Waals surface area contributed by atoms with E-state index in [2.05, 4.69) is 4.98 Å². The average Bonchev–Trinajstić information content (AvgIpc) is 2.64. The second-order valence-corrected chi connectivity index (χ2v) is 4.70. The number of anilines is 1. The molecule has 1 aliphatic carbocycles. The highest BCUT2D eigenvalue weighted by atomic mass is 16.2. The van der Waals surface area contributed by atoms with Gasteiger partial charge >= 0.3 is 0 Å². The Morgan fingerprint density at radius 1 is 1.06 bits per heavy atom. The number of aromatic nitrogens is 1. The van der Waals surface area contributed by atoms with Crippen molar-refractivity contribution in [2.45, 2.75) is 25.7 Å². The van der Waals surface area contributed by atoms with Gasteiger partial charge in [-0.3, -0.25) is 9.59 Å². The van der Waals surface area contributed by atoms with Gasteiger partial charge in [-0.25, -0.2) is 9.88 Å². The van der Waals surface area contributed by atoms with Gasteiger partial charge in [-0.1, -0.05) is 18.9 Å². The van der Waals surface area contributed by atoms with E-state index in [1.165, 1.54) is 4.90 Å². The molecule has 2 unspecified atom stereocenters. The summed E-state index contributed by atoms with van der Waals surface area (Å²) < 4.78 is 0. The molecule has 17 heavy (non-hydrogen) atoms. The van der Waals surface area contributed by atoms with Crippen molar-refractivity contribution in [3.63, 3.8) is 0 Å². The third-order valence-electron chi connectivity index (χ3n) is 3.72. The molecule has 2 atom stereocenters. The second-order valence-electron chi connectivity index (χ2n) is 4.70. The van der Waals surface area contributed by atoms with Crippen molar-refractivity contribution in [2.75, 3.05) is 4.90 Å². The van der Waals surface area contributed by atoms with E-state index in [0.29, 0.717) is 5.82 Å². The molecule has 4 nitrogen and oxygen atoms in total. The highest BCUT2D eigenvalue weighted by molar-refractivity contribution is 6.21. The zero-order valence-corrected chi connectivity index (χ0v) is 9.50. The minimum absolute atomic E-state index is 0.0570. The smallest absolute Gasteiger partial charge is 0.238 e. The molecule has 3 rings (SSSR count). The normalized spacial score (nSPS) is 28.4. The first-order valence-electron chi connectivity index (χ1n) is 6.08. The summed E-state index contributed by atoms with van der Waals surface area (Å²) in [5, 5.41) is 0. The number of rotatable bonds is 1. The molecule has 0 radical (unpaired) electrons. The number of carbonyl (C=O) groups excluding carboxylic acids is 2. The third kappa shape index (κ3) is 1.55. The van der Waals surface area contributed by atoms with Crippen LogP contribution in [0.25, 0.3) is 0 Å². The minimum atomic E-state index is -0.0988. The van der Waals surface area contributed by atoms with Gasteiger partial charge in [-0.15, -0.1) is 0 Å². The van der Waals surface area contributed by atoms with Crippen LogP contribution in [0.5, 0.6) is 0 Å². The summed E-state index contributed by atoms with van der Waals surface area (Å²) in [6.07, 6.45) is 5.40. The number of imide groups is 1. The summed E-state index contributed by atoms with van der Waals surface area (Å²) in [6, 6.07) is 5.29. The monoisotopic (exact) mass is 230 g/mol. The average molecular weight is 230 g/mol. The number of pyridine rings is 1. The summed E-state index contributed by atoms with van der Waals surface area (Å²) in [5.74, 6) is 0.158. The Morgan fingerprint density at radius 3 is 2.24 bits per heavy atom. The topological polar surface area (TPSA) is 50.3 Å². The van der Waals surface area contributed by atoms with E-state index in [1.54, 1.807) is 24.4 Å². The molecule has 1 saturated carbocycles. The third-order valence-corrected chi connectivity index (χ3v) is 3.72. The number of fused-ring (bicyclic) bond motifs is 1. The van der Waals surface area contributed by atoms with Gasteiger partial charge in [0.1, 0.15) is 5.82 Å². The van der Waals surface area contributed by atoms with Gasteiger partial charge in [0.05, 0.1) is 11.8 Å². The summed E-state index contributed by atoms with van der Waals surface area (Å²) in [4.78, 5) is 29.8. The van der Waals surface area contributed by atoms with E-state index in [0.717, 1.165) is 25.7 Å². The Bertz CT molecular complexity index is 434. The molecule has 0 N–H and O–H groups in total. The summed E-state index contributed by atoms with van der Waals surface area (Å²) >= 11 is 0. The molecule has 88 valence electrons. The van der Waals surface area contributed by atoms with Crippen LogP contribution in [-0.4, -0.2) is 16.8 Å². The maximum absolute atomic E-state index is 12.2. The Kier molecular flexibility index (Phi) is 2.42. The number of amides is 2. The van der Waals surface area contributed by atoms with Crippen LogP contribution in [0.15, 0.2) is 24.4 Å². The van der Waals surface area contributed by atoms with Crippen LogP contribution in [0, 0.1) is 11.8 Å². The van der Waals surface area contributed by atoms with Crippen LogP contribution in [0.4, 0.5) is 5.82 Å². The molecule has 2 aliphatic rings. The fraction of sp³-hybridized carbons (Fsp3) is 0.462. The van der Waals surface area contributed by atoms with E-state index in [1.807, 2.05) is 0 Å². The minimum Gasteiger partial charge on any atom is -0.274 e. The van der Waals surface area contributed by atoms with E-state index < -0.39 is 0 Å². The van der Waals surface area contributed by atoms with E-state index >= 15 is 0 Å². The maximum atomic E-state index is 12.2. The number of carbonyl (C=O) groups is 2. The predicted molar refractivity (Wildman–Crippen MR) is 62.2 cm³/mol. The molecule has 2 fully saturated rings. The lowest BCUT2D eigenvalue weighted by atomic mass is 9.81. The van der Waals surface area contributed by atoms with Gasteiger partial charge in [0.2, 0.25) is 11.8 Å². The molecule has 1 aromatic rings. The van der Waals surface area contributed by atoms with Crippen LogP contribution < -0.4 is 4.90 Å². The first-order valence-corrected chi connectivity index (χ1v) is 6.08. The lowest BCUT2D eigenvalue weighted by Crippen LogP contribution is -2.31. The number of hydrogen-bond acceptors (Lipinski definition) is 3. The highest BCUT2D eigenvalue weighted by Crippen LogP contribution is 2.39. The van der Waals surface area contributed by atoms with Gasteiger partial charge in [-0.05, 0) is 25.0 Å². The number of nitrogens with zero attached hydrogens (tertiary/aromatic N) is 2. The van der Waals surface area contributed by atoms with Gasteiger partial charge in [-0.2, -0.15) is 0 Å². The first-order chi connectivity index (χ1) is 8.29. The van der Waals surface area contributed by atoms with Gasteiger partial charge < -0.3 is 0 Å². The fourth-order valence-corrected chi connectivity index (χ4v) is 2.87. The second kappa shape index (κ2) is 3.95. The SMILES string of the molecule is O=C1C2CCCCC2C(=O)N1c1ccccn1. The Morgan fingerprint density at radius 2 is 1.71 bits per heavy atom. The van der Waals surface area contributed by atoms with Crippen molar-refractivity contribution in [3.05, 3.63) is 24.4 Å². The molecule has 4 heteroatoms. The predicted octanol–water partition coefficient (Wildman–Crippen LogP) is 1.76. The van der Waals surface area contributed by atoms with E-state index in [-0.39, 0.29) is 23.7 Å². The van der Waals surface area contributed by atoms with E-state index in [9.17, 15) is 9.59 Å². The molecule has 1 aromatic heterocycles. The van der Waals surface area contributed by atoms with Crippen molar-refractivity contribution in [3.8, 4) is 0 Å². The zero-order valence-electron chi connectivity index (χ0n) is 9.50. The van der Waals surface area contributed by atoms with Crippen LogP contribution in [0.2, 0.25) is 0 Å². The summed E-state index contributed by atoms with van der Waals surface area (Å²) in [5.41, 5.74) is 0. The lowest BCUT2D eigenvalue weighted by Gasteiger charge is -2.19. The molecule has 0 spiro atoms. The fourth-order valence-electron chi connectivity index (χ4n) is 2.87. The molecular weight excluding hydrogens is 216 g/mol. The van der Waals surface area contributed by atoms with Crippen molar-refractivity contribution >= 4 is 17.6 Å². The molecule has 2 amide bonds. The van der Waals surface area contributed by atoms with E-state index in [4.69, 9.17) is 0 Å². The summed E-state index contributed by atoms with van der Waals surface area (Å²) in [6.45, 7) is 0. The first kappa shape index (κ1) is 10.4. The molecule has 0 aromatic carbocycles. The number of hydrogen-bond donors (Lipinski definition) is 0. The Balaban J connectivity index is 1.96. The van der Waals surface area contributed by atoms with Crippen molar-refractivity contribution in [2.24, 2.45) is 11.8 Å². The van der Waals surface area contributed by atoms with Gasteiger partial charge in [0, 0.05) is 6.20 Å². The Labute approximate surface area is 99.6 Å². The van der Waals surface area contributed by atoms with Crippen molar-refractivity contribution < 1.29 is 9.59 Å². The molecule has 1 saturated heterocycles. The molecular formula is C13H14N2O2. The van der Waals surface area contributed by atoms with Crippen LogP contribution in [-0.2, 0) is 9.59 Å². The largest absolute Gasteiger partial charge is 0.274 e. The summed E-state index contributed by atoms with van der Waals surface area (Å²) in [7, 11) is 0. The highest BCUT2D eigenvalue weighted by Gasteiger charge is 2.49. The molecule has 0 bridgehead atoms. The van der Waals surface area contributed by atoms with Crippen molar-refractivity contribution in [1.29, 1.82) is 0 Å². The van der Waals surface area contributed by atoms with Crippen molar-refractivity contribution in [1.82, 2.24) is 4.98 Å². The zero-order chi connectivity index (χ0) is 11.8. The van der Waals surface area contributed by atoms with Gasteiger partial charge in [0.15, 0.2) is 0 Å². The standard InChI is InChI=1S/C13H14N2O2/c16-12-9-5-1-2-6-10(9)13(17)15(12)11-7-3-4-8-14-11/h3-4,7-10H,1-2,5-6H2. The van der Waals surface area contributed by atoms with Crippen LogP contribution in [0.3, 0.4) is 0 Å². The lowest BCUT2D eigenvalue weighted by molar-refractivity contribution is -0.122. The van der Waals surface area contributed by atoms with Crippen LogP contribution >= 0.6 is 0 Å². The van der Waals surface area contributed by atoms with Crippen LogP contribution in [0.1, 0.15) is 25.7 Å².